The van der Waals surface area contributed by atoms with Gasteiger partial charge in [0.15, 0.2) is 11.6 Å². The molecule has 3 aromatic rings. The maximum Gasteiger partial charge on any atom is 0.317 e. The lowest BCUT2D eigenvalue weighted by atomic mass is 10.4. The summed E-state index contributed by atoms with van der Waals surface area (Å²) in [5.74, 6) is -1.77. The quantitative estimate of drug-likeness (QED) is 0.381. The van der Waals surface area contributed by atoms with Crippen molar-refractivity contribution in [3.8, 4) is 0 Å². The van der Waals surface area contributed by atoms with Gasteiger partial charge in [-0.3, -0.25) is 40.5 Å². The normalized spacial score (nSPS) is 12.6. The second-order valence-electron chi connectivity index (χ2n) is 6.90. The van der Waals surface area contributed by atoms with Gasteiger partial charge in [0, 0.05) is 0 Å². The fourth-order valence-electron chi connectivity index (χ4n) is 3.18. The maximum atomic E-state index is 11.5. The van der Waals surface area contributed by atoms with Gasteiger partial charge in [0.05, 0.1) is 44.0 Å². The van der Waals surface area contributed by atoms with Gasteiger partial charge in [0.2, 0.25) is 22.9 Å². The Morgan fingerprint density at radius 2 is 0.972 bits per heavy atom. The molecule has 0 saturated heterocycles. The molecule has 5 rings (SSSR count). The number of hydrogen-bond acceptors (Lipinski definition) is 14. The Morgan fingerprint density at radius 1 is 0.556 bits per heavy atom. The molecule has 178 valence electrons. The van der Waals surface area contributed by atoms with E-state index in [1.165, 1.54) is 0 Å². The standard InChI is InChI=1S/C16H6N12O8/c29-25(30)5-1-9-17-13(5)22-10-3-7(27(33)34)15(19-10)24-12-4-8(28(35)36)16(20-12)23-11-2-6(26(31)32)14(18-11)21-9/h1-4H,(H2,17,18,19,20,21,22,23,24). The summed E-state index contributed by atoms with van der Waals surface area (Å²) in [6, 6.07) is 1.85. The third kappa shape index (κ3) is 3.70. The fourth-order valence-corrected chi connectivity index (χ4v) is 3.18. The molecule has 0 aromatic carbocycles. The lowest BCUT2D eigenvalue weighted by Crippen LogP contribution is -1.98. The van der Waals surface area contributed by atoms with Crippen LogP contribution in [0, 0.1) is 40.5 Å². The molecule has 0 spiro atoms. The summed E-state index contributed by atoms with van der Waals surface area (Å²) < 4.78 is 0. The first kappa shape index (κ1) is 21.7. The topological polar surface area (TPSA) is 281 Å². The van der Waals surface area contributed by atoms with Crippen LogP contribution in [0.4, 0.5) is 11.4 Å². The third-order valence-corrected chi connectivity index (χ3v) is 4.65. The predicted molar refractivity (Wildman–Crippen MR) is 115 cm³/mol. The van der Waals surface area contributed by atoms with Gasteiger partial charge in [-0.2, -0.15) is 0 Å². The lowest BCUT2D eigenvalue weighted by molar-refractivity contribution is -0.383. The average molecular weight is 494 g/mol. The monoisotopic (exact) mass is 494 g/mol. The van der Waals surface area contributed by atoms with Crippen LogP contribution in [0.15, 0.2) is 12.1 Å². The van der Waals surface area contributed by atoms with Gasteiger partial charge >= 0.3 is 22.8 Å². The van der Waals surface area contributed by atoms with E-state index in [0.29, 0.717) is 0 Å². The van der Waals surface area contributed by atoms with Crippen LogP contribution < -0.4 is 0 Å². The Labute approximate surface area is 193 Å². The van der Waals surface area contributed by atoms with Crippen LogP contribution in [0.25, 0.3) is 46.1 Å². The van der Waals surface area contributed by atoms with E-state index in [1.54, 1.807) is 0 Å². The second kappa shape index (κ2) is 7.75. The summed E-state index contributed by atoms with van der Waals surface area (Å²) in [5.41, 5.74) is -3.78. The number of nitrogens with zero attached hydrogens (tertiary/aromatic N) is 10. The van der Waals surface area contributed by atoms with Crippen LogP contribution >= 0.6 is 0 Å². The number of hydrogen-bond donors (Lipinski definition) is 2. The molecule has 2 aliphatic heterocycles. The Balaban J connectivity index is 1.95. The van der Waals surface area contributed by atoms with Gasteiger partial charge < -0.3 is 9.97 Å². The smallest absolute Gasteiger partial charge is 0.317 e. The highest BCUT2D eigenvalue weighted by atomic mass is 16.6. The largest absolute Gasteiger partial charge is 0.319 e. The molecule has 0 atom stereocenters. The molecule has 0 amide bonds. The molecule has 0 saturated carbocycles. The van der Waals surface area contributed by atoms with E-state index in [0.717, 1.165) is 24.3 Å². The first-order valence-electron chi connectivity index (χ1n) is 9.35. The molecular formula is C16H6N12O8. The van der Waals surface area contributed by atoms with Crippen molar-refractivity contribution in [3.63, 3.8) is 0 Å². The van der Waals surface area contributed by atoms with Crippen LogP contribution in [0.5, 0.6) is 0 Å². The first-order valence-corrected chi connectivity index (χ1v) is 9.35. The number of fused-ring (bicyclic) bond motifs is 8. The van der Waals surface area contributed by atoms with Crippen LogP contribution in [-0.2, 0) is 0 Å². The lowest BCUT2D eigenvalue weighted by Gasteiger charge is -1.88. The van der Waals surface area contributed by atoms with E-state index in [1.807, 2.05) is 0 Å². The highest BCUT2D eigenvalue weighted by Gasteiger charge is 2.28. The van der Waals surface area contributed by atoms with Crippen LogP contribution in [0.3, 0.4) is 0 Å². The number of nitro groups is 4. The van der Waals surface area contributed by atoms with E-state index >= 15 is 0 Å². The third-order valence-electron chi connectivity index (χ3n) is 4.65. The second-order valence-corrected chi connectivity index (χ2v) is 6.90. The predicted octanol–water partition coefficient (Wildman–Crippen LogP) is 1.26. The zero-order valence-corrected chi connectivity index (χ0v) is 17.0. The SMILES string of the molecule is O=[N+]([O-])C1=Cc2nc1nc1nc(nc3cc([N+](=O)[O-])c(nc4cc([N+](=O)[O-])c(n2)[nH]4)[nH]3)C([N+](=O)[O-])=C1. The minimum atomic E-state index is -0.842. The number of aromatic amines is 2. The van der Waals surface area contributed by atoms with E-state index in [-0.39, 0.29) is 22.9 Å². The van der Waals surface area contributed by atoms with Gasteiger partial charge in [-0.05, 0) is 0 Å². The van der Waals surface area contributed by atoms with Crippen molar-refractivity contribution < 1.29 is 19.7 Å². The van der Waals surface area contributed by atoms with Crippen molar-refractivity contribution in [2.45, 2.75) is 0 Å². The minimum absolute atomic E-state index is 0.241. The summed E-state index contributed by atoms with van der Waals surface area (Å²) in [6.45, 7) is 0. The van der Waals surface area contributed by atoms with Crippen molar-refractivity contribution >= 4 is 57.5 Å². The molecule has 3 aromatic heterocycles. The van der Waals surface area contributed by atoms with E-state index < -0.39 is 65.4 Å². The van der Waals surface area contributed by atoms with Gasteiger partial charge in [0.25, 0.3) is 0 Å². The number of rotatable bonds is 4. The first-order chi connectivity index (χ1) is 17.1. The van der Waals surface area contributed by atoms with E-state index in [2.05, 4.69) is 39.9 Å². The summed E-state index contributed by atoms with van der Waals surface area (Å²) in [5, 5.41) is 45.9. The number of nitrogens with one attached hydrogen (secondary N) is 2. The number of H-pyrrole nitrogens is 2. The Bertz CT molecular complexity index is 1770. The van der Waals surface area contributed by atoms with Crippen LogP contribution in [0.1, 0.15) is 23.3 Å². The summed E-state index contributed by atoms with van der Waals surface area (Å²) >= 11 is 0. The molecule has 8 bridgehead atoms. The molecule has 36 heavy (non-hydrogen) atoms. The van der Waals surface area contributed by atoms with Crippen molar-refractivity contribution in [3.05, 3.63) is 75.9 Å². The summed E-state index contributed by atoms with van der Waals surface area (Å²) in [6.07, 6.45) is 1.75. The number of aromatic nitrogens is 8. The Morgan fingerprint density at radius 3 is 1.44 bits per heavy atom. The molecule has 0 aliphatic carbocycles. The molecule has 0 fully saturated rings. The Hall–Kier alpha value is -6.08. The summed E-state index contributed by atoms with van der Waals surface area (Å²) in [7, 11) is 0. The van der Waals surface area contributed by atoms with E-state index in [9.17, 15) is 40.5 Å². The molecule has 0 unspecified atom stereocenters. The maximum absolute atomic E-state index is 11.5. The van der Waals surface area contributed by atoms with Crippen molar-refractivity contribution in [2.24, 2.45) is 0 Å². The molecule has 20 nitrogen and oxygen atoms in total. The van der Waals surface area contributed by atoms with Crippen LogP contribution in [0.2, 0.25) is 0 Å². The molecule has 5 heterocycles. The van der Waals surface area contributed by atoms with Crippen molar-refractivity contribution in [1.29, 1.82) is 0 Å². The van der Waals surface area contributed by atoms with E-state index in [4.69, 9.17) is 0 Å². The molecular weight excluding hydrogens is 488 g/mol. The molecule has 2 N–H and O–H groups in total. The fraction of sp³-hybridized carbons (Fsp3) is 0. The molecule has 20 heteroatoms. The Kier molecular flexibility index (Phi) is 4.68. The minimum Gasteiger partial charge on any atom is -0.319 e. The zero-order chi connectivity index (χ0) is 25.7. The highest BCUT2D eigenvalue weighted by Crippen LogP contribution is 2.25. The average Bonchev–Trinajstić information content (AvgIpc) is 3.54. The van der Waals surface area contributed by atoms with Gasteiger partial charge in [-0.25, -0.2) is 29.9 Å². The van der Waals surface area contributed by atoms with Gasteiger partial charge in [-0.15, -0.1) is 0 Å². The van der Waals surface area contributed by atoms with Crippen molar-refractivity contribution in [2.75, 3.05) is 0 Å². The van der Waals surface area contributed by atoms with Gasteiger partial charge in [0.1, 0.15) is 11.3 Å². The summed E-state index contributed by atoms with van der Waals surface area (Å²) in [4.78, 5) is 71.0. The molecule has 0 radical (unpaired) electrons. The van der Waals surface area contributed by atoms with Gasteiger partial charge in [-0.1, -0.05) is 0 Å². The van der Waals surface area contributed by atoms with Crippen molar-refractivity contribution in [1.82, 2.24) is 39.9 Å². The highest BCUT2D eigenvalue weighted by molar-refractivity contribution is 5.79. The zero-order valence-electron chi connectivity index (χ0n) is 17.0. The van der Waals surface area contributed by atoms with Crippen LogP contribution in [-0.4, -0.2) is 59.6 Å². The molecule has 2 aliphatic rings.